The van der Waals surface area contributed by atoms with Crippen LogP contribution < -0.4 is 5.32 Å². The first-order chi connectivity index (χ1) is 11.8. The lowest BCUT2D eigenvalue weighted by molar-refractivity contribution is -0.116. The van der Waals surface area contributed by atoms with Gasteiger partial charge in [0, 0.05) is 12.7 Å². The van der Waals surface area contributed by atoms with Crippen LogP contribution in [0.3, 0.4) is 0 Å². The van der Waals surface area contributed by atoms with Crippen LogP contribution in [0, 0.1) is 6.92 Å². The summed E-state index contributed by atoms with van der Waals surface area (Å²) < 4.78 is 27.3. The number of halogens is 1. The number of likely N-dealkylation sites (N-methyl/N-ethyl adjacent to an activating group) is 1. The van der Waals surface area contributed by atoms with Gasteiger partial charge in [-0.05, 0) is 37.3 Å². The highest BCUT2D eigenvalue weighted by Gasteiger charge is 2.24. The zero-order valence-electron chi connectivity index (χ0n) is 13.3. The molecule has 10 heteroatoms. The minimum atomic E-state index is -3.74. The fourth-order valence-corrected chi connectivity index (χ4v) is 5.88. The number of amides is 1. The Labute approximate surface area is 158 Å². The molecular formula is C15H14ClN3O3S3. The van der Waals surface area contributed by atoms with Crippen LogP contribution in [-0.2, 0) is 14.8 Å². The Balaban J connectivity index is 1.70. The van der Waals surface area contributed by atoms with Gasteiger partial charge in [0.25, 0.3) is 10.0 Å². The molecule has 0 bridgehead atoms. The number of aryl methyl sites for hydroxylation is 1. The molecular weight excluding hydrogens is 402 g/mol. The molecule has 2 aromatic heterocycles. The first kappa shape index (κ1) is 18.3. The van der Waals surface area contributed by atoms with E-state index < -0.39 is 15.9 Å². The van der Waals surface area contributed by atoms with Gasteiger partial charge in [-0.2, -0.15) is 4.31 Å². The van der Waals surface area contributed by atoms with Gasteiger partial charge in [0.05, 0.1) is 26.1 Å². The number of hydrogen-bond acceptors (Lipinski definition) is 6. The van der Waals surface area contributed by atoms with Gasteiger partial charge in [0.1, 0.15) is 4.21 Å². The summed E-state index contributed by atoms with van der Waals surface area (Å²) in [6.07, 6.45) is 0. The lowest BCUT2D eigenvalue weighted by Gasteiger charge is -2.15. The van der Waals surface area contributed by atoms with Crippen LogP contribution >= 0.6 is 34.3 Å². The smallest absolute Gasteiger partial charge is 0.252 e. The van der Waals surface area contributed by atoms with Crippen molar-refractivity contribution < 1.29 is 13.2 Å². The molecule has 2 heterocycles. The quantitative estimate of drug-likeness (QED) is 0.690. The van der Waals surface area contributed by atoms with E-state index in [-0.39, 0.29) is 10.8 Å². The Kier molecular flexibility index (Phi) is 5.12. The topological polar surface area (TPSA) is 79.4 Å². The third-order valence-corrected chi connectivity index (χ3v) is 7.79. The van der Waals surface area contributed by atoms with E-state index in [1.54, 1.807) is 6.07 Å². The Morgan fingerprint density at radius 1 is 1.28 bits per heavy atom. The van der Waals surface area contributed by atoms with Crippen molar-refractivity contribution in [3.8, 4) is 0 Å². The predicted octanol–water partition coefficient (Wildman–Crippen LogP) is 3.58. The predicted molar refractivity (Wildman–Crippen MR) is 102 cm³/mol. The maximum absolute atomic E-state index is 12.4. The molecule has 0 atom stereocenters. The average molecular weight is 416 g/mol. The summed E-state index contributed by atoms with van der Waals surface area (Å²) in [5.41, 5.74) is 1.47. The molecule has 0 saturated carbocycles. The van der Waals surface area contributed by atoms with Gasteiger partial charge in [-0.15, -0.1) is 22.7 Å². The number of sulfonamides is 1. The molecule has 3 rings (SSSR count). The van der Waals surface area contributed by atoms with E-state index in [0.29, 0.717) is 10.0 Å². The van der Waals surface area contributed by atoms with Crippen LogP contribution in [0.2, 0.25) is 4.34 Å². The Bertz CT molecular complexity index is 1040. The molecule has 0 saturated heterocycles. The van der Waals surface area contributed by atoms with Gasteiger partial charge in [-0.1, -0.05) is 11.6 Å². The molecule has 0 fully saturated rings. The van der Waals surface area contributed by atoms with Gasteiger partial charge < -0.3 is 5.32 Å². The molecule has 0 aliphatic heterocycles. The van der Waals surface area contributed by atoms with Crippen LogP contribution in [0.25, 0.3) is 10.2 Å². The third kappa shape index (κ3) is 4.01. The highest BCUT2D eigenvalue weighted by molar-refractivity contribution is 7.91. The standard InChI is InChI=1S/C15H14ClN3O3S3/c1-9-17-11-4-3-10(7-12(11)23-9)18-14(20)8-19(2)25(21,22)15-6-5-13(16)24-15/h3-7H,8H2,1-2H3,(H,18,20). The van der Waals surface area contributed by atoms with Crippen molar-refractivity contribution >= 4 is 66.1 Å². The summed E-state index contributed by atoms with van der Waals surface area (Å²) >= 11 is 8.27. The molecule has 1 N–H and O–H groups in total. The molecule has 3 aromatic rings. The molecule has 132 valence electrons. The second kappa shape index (κ2) is 7.00. The number of nitrogens with one attached hydrogen (secondary N) is 1. The van der Waals surface area contributed by atoms with Crippen LogP contribution in [0.4, 0.5) is 5.69 Å². The maximum Gasteiger partial charge on any atom is 0.252 e. The van der Waals surface area contributed by atoms with Crippen molar-refractivity contribution in [1.82, 2.24) is 9.29 Å². The SMILES string of the molecule is Cc1nc2ccc(NC(=O)CN(C)S(=O)(=O)c3ccc(Cl)s3)cc2s1. The number of nitrogens with zero attached hydrogens (tertiary/aromatic N) is 2. The fraction of sp³-hybridized carbons (Fsp3) is 0.200. The average Bonchev–Trinajstić information content (AvgIpc) is 3.11. The Hall–Kier alpha value is -1.52. The van der Waals surface area contributed by atoms with E-state index in [1.165, 1.54) is 30.5 Å². The summed E-state index contributed by atoms with van der Waals surface area (Å²) in [6, 6.07) is 8.33. The number of hydrogen-bond donors (Lipinski definition) is 1. The number of fused-ring (bicyclic) bond motifs is 1. The molecule has 0 aliphatic carbocycles. The largest absolute Gasteiger partial charge is 0.325 e. The van der Waals surface area contributed by atoms with E-state index in [4.69, 9.17) is 11.6 Å². The number of anilines is 1. The lowest BCUT2D eigenvalue weighted by Crippen LogP contribution is -2.34. The van der Waals surface area contributed by atoms with Crippen LogP contribution in [0.5, 0.6) is 0 Å². The molecule has 6 nitrogen and oxygen atoms in total. The molecule has 1 amide bonds. The molecule has 0 aliphatic rings. The number of rotatable bonds is 5. The van der Waals surface area contributed by atoms with Gasteiger partial charge in [0.2, 0.25) is 5.91 Å². The van der Waals surface area contributed by atoms with E-state index in [9.17, 15) is 13.2 Å². The molecule has 25 heavy (non-hydrogen) atoms. The van der Waals surface area contributed by atoms with Gasteiger partial charge in [-0.25, -0.2) is 13.4 Å². The summed E-state index contributed by atoms with van der Waals surface area (Å²) in [7, 11) is -2.38. The fourth-order valence-electron chi connectivity index (χ4n) is 2.20. The molecule has 1 aromatic carbocycles. The second-order valence-electron chi connectivity index (χ2n) is 5.28. The van der Waals surface area contributed by atoms with Crippen molar-refractivity contribution in [1.29, 1.82) is 0 Å². The summed E-state index contributed by atoms with van der Waals surface area (Å²) in [4.78, 5) is 16.6. The van der Waals surface area contributed by atoms with Crippen LogP contribution in [-0.4, -0.2) is 37.2 Å². The summed E-state index contributed by atoms with van der Waals surface area (Å²) in [6.45, 7) is 1.62. The van der Waals surface area contributed by atoms with Gasteiger partial charge in [0.15, 0.2) is 0 Å². The van der Waals surface area contributed by atoms with Crippen LogP contribution in [0.15, 0.2) is 34.5 Å². The van der Waals surface area contributed by atoms with E-state index >= 15 is 0 Å². The second-order valence-corrected chi connectivity index (χ2v) is 10.5. The van der Waals surface area contributed by atoms with Gasteiger partial charge >= 0.3 is 0 Å². The maximum atomic E-state index is 12.4. The summed E-state index contributed by atoms with van der Waals surface area (Å²) in [5, 5.41) is 3.66. The minimum Gasteiger partial charge on any atom is -0.325 e. The normalized spacial score (nSPS) is 12.0. The number of carbonyl (C=O) groups is 1. The van der Waals surface area contributed by atoms with Crippen molar-refractivity contribution in [2.24, 2.45) is 0 Å². The Morgan fingerprint density at radius 3 is 2.72 bits per heavy atom. The van der Waals surface area contributed by atoms with Crippen molar-refractivity contribution in [3.63, 3.8) is 0 Å². The number of thiophene rings is 1. The van der Waals surface area contributed by atoms with Crippen molar-refractivity contribution in [2.45, 2.75) is 11.1 Å². The first-order valence-electron chi connectivity index (χ1n) is 7.14. The number of benzene rings is 1. The highest BCUT2D eigenvalue weighted by Crippen LogP contribution is 2.28. The van der Waals surface area contributed by atoms with E-state index in [1.807, 2.05) is 19.1 Å². The first-order valence-corrected chi connectivity index (χ1v) is 10.6. The van der Waals surface area contributed by atoms with Crippen LogP contribution in [0.1, 0.15) is 5.01 Å². The van der Waals surface area contributed by atoms with Gasteiger partial charge in [-0.3, -0.25) is 4.79 Å². The molecule has 0 radical (unpaired) electrons. The third-order valence-electron chi connectivity index (χ3n) is 3.36. The minimum absolute atomic E-state index is 0.106. The number of aromatic nitrogens is 1. The molecule has 0 unspecified atom stereocenters. The van der Waals surface area contributed by atoms with E-state index in [2.05, 4.69) is 10.3 Å². The summed E-state index contributed by atoms with van der Waals surface area (Å²) in [5.74, 6) is -0.422. The zero-order chi connectivity index (χ0) is 18.2. The molecule has 0 spiro atoms. The van der Waals surface area contributed by atoms with Crippen molar-refractivity contribution in [3.05, 3.63) is 39.7 Å². The monoisotopic (exact) mass is 415 g/mol. The lowest BCUT2D eigenvalue weighted by atomic mass is 10.3. The number of thiazole rings is 1. The zero-order valence-corrected chi connectivity index (χ0v) is 16.5. The highest BCUT2D eigenvalue weighted by atomic mass is 35.5. The van der Waals surface area contributed by atoms with E-state index in [0.717, 1.165) is 30.9 Å². The number of carbonyl (C=O) groups excluding carboxylic acids is 1. The van der Waals surface area contributed by atoms with Crippen molar-refractivity contribution in [2.75, 3.05) is 18.9 Å². The Morgan fingerprint density at radius 2 is 2.04 bits per heavy atom.